The van der Waals surface area contributed by atoms with Crippen LogP contribution in [0, 0.1) is 6.92 Å². The van der Waals surface area contributed by atoms with Gasteiger partial charge in [-0.25, -0.2) is 8.42 Å². The van der Waals surface area contributed by atoms with Crippen LogP contribution < -0.4 is 5.32 Å². The summed E-state index contributed by atoms with van der Waals surface area (Å²) in [6, 6.07) is 13.8. The van der Waals surface area contributed by atoms with Crippen molar-refractivity contribution < 1.29 is 13.2 Å². The molecule has 2 aromatic carbocycles. The number of carbonyl (C=O) groups excluding carboxylic acids is 1. The van der Waals surface area contributed by atoms with Gasteiger partial charge in [0.15, 0.2) is 0 Å². The van der Waals surface area contributed by atoms with Crippen LogP contribution in [-0.2, 0) is 10.0 Å². The van der Waals surface area contributed by atoms with Crippen molar-refractivity contribution in [3.63, 3.8) is 0 Å². The lowest BCUT2D eigenvalue weighted by molar-refractivity contribution is 0.102. The minimum Gasteiger partial charge on any atom is -0.320 e. The molecule has 1 amide bonds. The first-order chi connectivity index (χ1) is 14.8. The normalized spacial score (nSPS) is 17.4. The summed E-state index contributed by atoms with van der Waals surface area (Å²) in [6.07, 6.45) is 1.52. The number of aromatic nitrogens is 2. The molecule has 7 nitrogen and oxygen atoms in total. The average molecular weight is 477 g/mol. The Labute approximate surface area is 190 Å². The zero-order valence-electron chi connectivity index (χ0n) is 16.8. The molecule has 0 spiro atoms. The molecule has 162 valence electrons. The Kier molecular flexibility index (Phi) is 6.38. The van der Waals surface area contributed by atoms with E-state index >= 15 is 0 Å². The van der Waals surface area contributed by atoms with Crippen molar-refractivity contribution in [1.82, 2.24) is 14.5 Å². The summed E-state index contributed by atoms with van der Waals surface area (Å²) in [5.41, 5.74) is 1.47. The Morgan fingerprint density at radius 3 is 2.77 bits per heavy atom. The highest BCUT2D eigenvalue weighted by Crippen LogP contribution is 2.32. The van der Waals surface area contributed by atoms with Crippen LogP contribution >= 0.6 is 22.9 Å². The fourth-order valence-electron chi connectivity index (χ4n) is 3.53. The summed E-state index contributed by atoms with van der Waals surface area (Å²) in [5, 5.41) is 12.4. The number of rotatable bonds is 5. The molecule has 1 saturated heterocycles. The van der Waals surface area contributed by atoms with Crippen molar-refractivity contribution in [2.24, 2.45) is 0 Å². The molecule has 1 fully saturated rings. The third kappa shape index (κ3) is 4.95. The van der Waals surface area contributed by atoms with Gasteiger partial charge in [0.25, 0.3) is 5.91 Å². The predicted octanol–water partition coefficient (Wildman–Crippen LogP) is 4.32. The highest BCUT2D eigenvalue weighted by atomic mass is 35.5. The lowest BCUT2D eigenvalue weighted by Gasteiger charge is -2.30. The van der Waals surface area contributed by atoms with Gasteiger partial charge in [-0.2, -0.15) is 4.31 Å². The fraction of sp³-hybridized carbons (Fsp3) is 0.286. The van der Waals surface area contributed by atoms with Gasteiger partial charge >= 0.3 is 0 Å². The van der Waals surface area contributed by atoms with Gasteiger partial charge < -0.3 is 5.32 Å². The number of sulfonamides is 1. The van der Waals surface area contributed by atoms with E-state index in [-0.39, 0.29) is 16.8 Å². The smallest absolute Gasteiger partial charge is 0.286 e. The first-order valence-electron chi connectivity index (χ1n) is 9.80. The molecule has 3 aromatic rings. The van der Waals surface area contributed by atoms with Crippen molar-refractivity contribution in [3.05, 3.63) is 69.1 Å². The Hall–Kier alpha value is -2.33. The summed E-state index contributed by atoms with van der Waals surface area (Å²) in [7, 11) is -3.58. The number of anilines is 1. The largest absolute Gasteiger partial charge is 0.320 e. The van der Waals surface area contributed by atoms with E-state index < -0.39 is 10.0 Å². The molecule has 1 aromatic heterocycles. The van der Waals surface area contributed by atoms with Gasteiger partial charge in [0, 0.05) is 29.7 Å². The number of amides is 1. The highest BCUT2D eigenvalue weighted by Gasteiger charge is 2.32. The third-order valence-corrected chi connectivity index (χ3v) is 8.26. The molecule has 31 heavy (non-hydrogen) atoms. The molecule has 4 rings (SSSR count). The number of nitrogens with zero attached hydrogens (tertiary/aromatic N) is 3. The van der Waals surface area contributed by atoms with Crippen molar-refractivity contribution in [1.29, 1.82) is 0 Å². The van der Waals surface area contributed by atoms with Crippen LogP contribution in [-0.4, -0.2) is 41.9 Å². The second-order valence-electron chi connectivity index (χ2n) is 7.43. The minimum absolute atomic E-state index is 0.0986. The van der Waals surface area contributed by atoms with Crippen LogP contribution in [0.15, 0.2) is 53.4 Å². The quantitative estimate of drug-likeness (QED) is 0.592. The summed E-state index contributed by atoms with van der Waals surface area (Å²) in [6.45, 7) is 2.66. The van der Waals surface area contributed by atoms with Crippen LogP contribution in [0.1, 0.15) is 39.1 Å². The average Bonchev–Trinajstić information content (AvgIpc) is 3.24. The topological polar surface area (TPSA) is 92.3 Å². The molecule has 1 aliphatic rings. The van der Waals surface area contributed by atoms with E-state index in [0.29, 0.717) is 33.7 Å². The number of hydrogen-bond acceptors (Lipinski definition) is 6. The molecule has 1 N–H and O–H groups in total. The van der Waals surface area contributed by atoms with Gasteiger partial charge in [0.1, 0.15) is 5.01 Å². The van der Waals surface area contributed by atoms with Crippen LogP contribution in [0.25, 0.3) is 0 Å². The van der Waals surface area contributed by atoms with Gasteiger partial charge in [-0.3, -0.25) is 4.79 Å². The standard InChI is InChI=1S/C21H21ClN4O3S2/c1-14-5-2-9-18(11-14)31(28,29)26-10-4-6-15(13-26)20-24-25-21(30-20)19(27)23-17-8-3-7-16(22)12-17/h2-3,5,7-9,11-12,15H,4,6,10,13H2,1H3,(H,23,27)/t15-/m0/s1. The number of piperidine rings is 1. The number of carbonyl (C=O) groups is 1. The molecular formula is C21H21ClN4O3S2. The zero-order valence-corrected chi connectivity index (χ0v) is 19.2. The van der Waals surface area contributed by atoms with Crippen LogP contribution in [0.2, 0.25) is 5.02 Å². The fourth-order valence-corrected chi connectivity index (χ4v) is 6.21. The lowest BCUT2D eigenvalue weighted by Crippen LogP contribution is -2.39. The van der Waals surface area contributed by atoms with Gasteiger partial charge in [0.05, 0.1) is 4.90 Å². The van der Waals surface area contributed by atoms with Crippen molar-refractivity contribution in [3.8, 4) is 0 Å². The lowest BCUT2D eigenvalue weighted by atomic mass is 10.0. The van der Waals surface area contributed by atoms with Crippen molar-refractivity contribution in [2.45, 2.75) is 30.6 Å². The molecule has 10 heteroatoms. The van der Waals surface area contributed by atoms with E-state index in [1.807, 2.05) is 13.0 Å². The van der Waals surface area contributed by atoms with Gasteiger partial charge in [-0.05, 0) is 55.7 Å². The second kappa shape index (κ2) is 9.04. The van der Waals surface area contributed by atoms with Gasteiger partial charge in [-0.15, -0.1) is 10.2 Å². The Morgan fingerprint density at radius 2 is 2.00 bits per heavy atom. The van der Waals surface area contributed by atoms with Crippen molar-refractivity contribution >= 4 is 44.6 Å². The van der Waals surface area contributed by atoms with E-state index in [9.17, 15) is 13.2 Å². The summed E-state index contributed by atoms with van der Waals surface area (Å²) < 4.78 is 27.7. The molecule has 0 saturated carbocycles. The van der Waals surface area contributed by atoms with Crippen LogP contribution in [0.3, 0.4) is 0 Å². The molecule has 1 aliphatic heterocycles. The van der Waals surface area contributed by atoms with Gasteiger partial charge in [0.2, 0.25) is 15.0 Å². The van der Waals surface area contributed by atoms with Gasteiger partial charge in [-0.1, -0.05) is 41.1 Å². The molecule has 1 atom stereocenters. The number of halogens is 1. The number of nitrogens with one attached hydrogen (secondary N) is 1. The first-order valence-corrected chi connectivity index (χ1v) is 12.4. The van der Waals surface area contributed by atoms with Crippen LogP contribution in [0.4, 0.5) is 5.69 Å². The zero-order chi connectivity index (χ0) is 22.0. The second-order valence-corrected chi connectivity index (χ2v) is 10.8. The Balaban J connectivity index is 1.48. The Morgan fingerprint density at radius 1 is 1.19 bits per heavy atom. The summed E-state index contributed by atoms with van der Waals surface area (Å²) >= 11 is 7.15. The molecule has 2 heterocycles. The van der Waals surface area contributed by atoms with Crippen LogP contribution in [0.5, 0.6) is 0 Å². The number of hydrogen-bond donors (Lipinski definition) is 1. The number of benzene rings is 2. The molecule has 0 bridgehead atoms. The maximum absolute atomic E-state index is 13.1. The monoisotopic (exact) mass is 476 g/mol. The Bertz CT molecular complexity index is 1210. The predicted molar refractivity (Wildman–Crippen MR) is 121 cm³/mol. The molecule has 0 aliphatic carbocycles. The molecule has 0 unspecified atom stereocenters. The summed E-state index contributed by atoms with van der Waals surface area (Å²) in [5.74, 6) is -0.468. The minimum atomic E-state index is -3.58. The SMILES string of the molecule is Cc1cccc(S(=O)(=O)N2CCC[C@H](c3nnc(C(=O)Nc4cccc(Cl)c4)s3)C2)c1. The third-order valence-electron chi connectivity index (χ3n) is 5.08. The first kappa shape index (κ1) is 21.9. The maximum atomic E-state index is 13.1. The summed E-state index contributed by atoms with van der Waals surface area (Å²) in [4.78, 5) is 12.8. The maximum Gasteiger partial charge on any atom is 0.286 e. The number of aryl methyl sites for hydroxylation is 1. The van der Waals surface area contributed by atoms with Crippen molar-refractivity contribution in [2.75, 3.05) is 18.4 Å². The van der Waals surface area contributed by atoms with E-state index in [4.69, 9.17) is 11.6 Å². The van der Waals surface area contributed by atoms with E-state index in [2.05, 4.69) is 15.5 Å². The highest BCUT2D eigenvalue weighted by molar-refractivity contribution is 7.89. The van der Waals surface area contributed by atoms with E-state index in [0.717, 1.165) is 18.4 Å². The molecule has 0 radical (unpaired) electrons. The van der Waals surface area contributed by atoms with E-state index in [1.54, 1.807) is 42.5 Å². The van der Waals surface area contributed by atoms with E-state index in [1.165, 1.54) is 15.6 Å². The molecular weight excluding hydrogens is 456 g/mol.